The van der Waals surface area contributed by atoms with Crippen LogP contribution < -0.4 is 4.90 Å². The quantitative estimate of drug-likeness (QED) is 0.576. The number of hydrogen-bond donors (Lipinski definition) is 0. The fourth-order valence-corrected chi connectivity index (χ4v) is 3.51. The number of hydrogen-bond acceptors (Lipinski definition) is 4. The number of amides is 1. The molecule has 0 aromatic heterocycles. The summed E-state index contributed by atoms with van der Waals surface area (Å²) in [7, 11) is 1.61. The van der Waals surface area contributed by atoms with E-state index in [0.29, 0.717) is 30.5 Å². The van der Waals surface area contributed by atoms with E-state index in [2.05, 4.69) is 0 Å². The Hall–Kier alpha value is -3.03. The van der Waals surface area contributed by atoms with Gasteiger partial charge in [-0.2, -0.15) is 0 Å². The highest BCUT2D eigenvalue weighted by molar-refractivity contribution is 5.82. The van der Waals surface area contributed by atoms with Crippen LogP contribution in [-0.4, -0.2) is 35.9 Å². The number of carbonyl (C=O) groups excluding carboxylic acids is 1. The lowest BCUT2D eigenvalue weighted by atomic mass is 10.0. The molecule has 28 heavy (non-hydrogen) atoms. The Labute approximate surface area is 161 Å². The SMILES string of the molecule is CC(c1cccc([N+](=O)[O-])c1)N(C)C(=O)CN1CCCc2cc(F)cc(F)c21. The van der Waals surface area contributed by atoms with Crippen LogP contribution in [0.1, 0.15) is 30.5 Å². The molecule has 0 saturated carbocycles. The first-order valence-corrected chi connectivity index (χ1v) is 9.01. The lowest BCUT2D eigenvalue weighted by Gasteiger charge is -2.33. The fourth-order valence-electron chi connectivity index (χ4n) is 3.51. The average molecular weight is 389 g/mol. The molecule has 1 amide bonds. The van der Waals surface area contributed by atoms with Crippen molar-refractivity contribution in [3.05, 3.63) is 69.3 Å². The van der Waals surface area contributed by atoms with Crippen molar-refractivity contribution in [1.82, 2.24) is 4.90 Å². The Morgan fingerprint density at radius 1 is 1.32 bits per heavy atom. The van der Waals surface area contributed by atoms with Gasteiger partial charge in [-0.05, 0) is 37.0 Å². The fraction of sp³-hybridized carbons (Fsp3) is 0.350. The van der Waals surface area contributed by atoms with Crippen LogP contribution in [0.4, 0.5) is 20.2 Å². The van der Waals surface area contributed by atoms with Crippen molar-refractivity contribution >= 4 is 17.3 Å². The summed E-state index contributed by atoms with van der Waals surface area (Å²) in [6.45, 7) is 2.22. The summed E-state index contributed by atoms with van der Waals surface area (Å²) < 4.78 is 27.8. The predicted molar refractivity (Wildman–Crippen MR) is 101 cm³/mol. The average Bonchev–Trinajstić information content (AvgIpc) is 2.66. The van der Waals surface area contributed by atoms with Crippen molar-refractivity contribution in [2.75, 3.05) is 25.0 Å². The molecule has 1 unspecified atom stereocenters. The number of nitro benzene ring substituents is 1. The van der Waals surface area contributed by atoms with Gasteiger partial charge in [-0.1, -0.05) is 12.1 Å². The van der Waals surface area contributed by atoms with E-state index < -0.39 is 22.6 Å². The Balaban J connectivity index is 1.77. The molecule has 8 heteroatoms. The van der Waals surface area contributed by atoms with Crippen molar-refractivity contribution < 1.29 is 18.5 Å². The minimum Gasteiger partial charge on any atom is -0.360 e. The lowest BCUT2D eigenvalue weighted by molar-refractivity contribution is -0.384. The molecule has 1 aliphatic heterocycles. The molecule has 0 saturated heterocycles. The van der Waals surface area contributed by atoms with Gasteiger partial charge in [0.05, 0.1) is 23.2 Å². The van der Waals surface area contributed by atoms with Crippen LogP contribution >= 0.6 is 0 Å². The molecule has 3 rings (SSSR count). The van der Waals surface area contributed by atoms with Crippen molar-refractivity contribution in [2.24, 2.45) is 0 Å². The molecule has 1 aliphatic rings. The van der Waals surface area contributed by atoms with Gasteiger partial charge in [-0.15, -0.1) is 0 Å². The Morgan fingerprint density at radius 3 is 2.79 bits per heavy atom. The number of fused-ring (bicyclic) bond motifs is 1. The lowest BCUT2D eigenvalue weighted by Crippen LogP contribution is -2.42. The molecule has 0 spiro atoms. The highest BCUT2D eigenvalue weighted by Crippen LogP contribution is 2.31. The van der Waals surface area contributed by atoms with E-state index in [1.165, 1.54) is 23.1 Å². The smallest absolute Gasteiger partial charge is 0.269 e. The van der Waals surface area contributed by atoms with Crippen LogP contribution in [0.25, 0.3) is 0 Å². The molecule has 0 N–H and O–H groups in total. The molecule has 6 nitrogen and oxygen atoms in total. The van der Waals surface area contributed by atoms with Gasteiger partial charge in [0.15, 0.2) is 0 Å². The predicted octanol–water partition coefficient (Wildman–Crippen LogP) is 3.85. The topological polar surface area (TPSA) is 66.7 Å². The maximum absolute atomic E-state index is 14.3. The first-order valence-electron chi connectivity index (χ1n) is 9.01. The van der Waals surface area contributed by atoms with Gasteiger partial charge in [-0.3, -0.25) is 14.9 Å². The first-order chi connectivity index (χ1) is 13.3. The Morgan fingerprint density at radius 2 is 2.07 bits per heavy atom. The molecule has 148 valence electrons. The summed E-state index contributed by atoms with van der Waals surface area (Å²) in [5.41, 5.74) is 1.43. The van der Waals surface area contributed by atoms with Crippen molar-refractivity contribution in [2.45, 2.75) is 25.8 Å². The maximum Gasteiger partial charge on any atom is 0.269 e. The molecule has 2 aromatic rings. The second kappa shape index (κ2) is 7.92. The number of likely N-dealkylation sites (N-methyl/N-ethyl adjacent to an activating group) is 1. The van der Waals surface area contributed by atoms with Crippen molar-refractivity contribution in [1.29, 1.82) is 0 Å². The van der Waals surface area contributed by atoms with Crippen LogP contribution in [0.2, 0.25) is 0 Å². The number of non-ortho nitro benzene ring substituents is 1. The zero-order valence-corrected chi connectivity index (χ0v) is 15.7. The minimum absolute atomic E-state index is 0.0424. The summed E-state index contributed by atoms with van der Waals surface area (Å²) in [5.74, 6) is -1.55. The number of carbonyl (C=O) groups is 1. The number of nitrogens with zero attached hydrogens (tertiary/aromatic N) is 3. The van der Waals surface area contributed by atoms with Gasteiger partial charge in [0.1, 0.15) is 11.6 Å². The zero-order valence-electron chi connectivity index (χ0n) is 15.7. The molecule has 1 heterocycles. The molecule has 0 radical (unpaired) electrons. The van der Waals surface area contributed by atoms with Crippen molar-refractivity contribution in [3.63, 3.8) is 0 Å². The van der Waals surface area contributed by atoms with Gasteiger partial charge < -0.3 is 9.80 Å². The second-order valence-electron chi connectivity index (χ2n) is 6.95. The molecule has 1 atom stereocenters. The van der Waals surface area contributed by atoms with Gasteiger partial charge in [-0.25, -0.2) is 8.78 Å². The molecule has 0 bridgehead atoms. The molecule has 0 aliphatic carbocycles. The van der Waals surface area contributed by atoms with Crippen LogP contribution in [0, 0.1) is 21.7 Å². The Kier molecular flexibility index (Phi) is 5.58. The molecule has 0 fully saturated rings. The van der Waals surface area contributed by atoms with E-state index in [9.17, 15) is 23.7 Å². The number of nitro groups is 1. The summed E-state index contributed by atoms with van der Waals surface area (Å²) in [4.78, 5) is 26.4. The highest BCUT2D eigenvalue weighted by atomic mass is 19.1. The second-order valence-corrected chi connectivity index (χ2v) is 6.95. The van der Waals surface area contributed by atoms with E-state index in [1.807, 2.05) is 0 Å². The zero-order chi connectivity index (χ0) is 20.4. The van der Waals surface area contributed by atoms with E-state index >= 15 is 0 Å². The number of aryl methyl sites for hydroxylation is 1. The number of rotatable bonds is 5. The summed E-state index contributed by atoms with van der Waals surface area (Å²) in [5, 5.41) is 11.0. The summed E-state index contributed by atoms with van der Waals surface area (Å²) in [6, 6.07) is 7.88. The monoisotopic (exact) mass is 389 g/mol. The highest BCUT2D eigenvalue weighted by Gasteiger charge is 2.26. The van der Waals surface area contributed by atoms with Crippen LogP contribution in [0.5, 0.6) is 0 Å². The van der Waals surface area contributed by atoms with Crippen molar-refractivity contribution in [3.8, 4) is 0 Å². The van der Waals surface area contributed by atoms with E-state index in [-0.39, 0.29) is 23.8 Å². The normalized spacial score (nSPS) is 14.4. The summed E-state index contributed by atoms with van der Waals surface area (Å²) >= 11 is 0. The standard InChI is InChI=1S/C20H21F2N3O3/c1-13(14-5-3-7-17(10-14)25(27)28)23(2)19(26)12-24-8-4-6-15-9-16(21)11-18(22)20(15)24/h3,5,7,9-11,13H,4,6,8,12H2,1-2H3. The number of benzene rings is 2. The minimum atomic E-state index is -0.670. The third kappa shape index (κ3) is 3.95. The van der Waals surface area contributed by atoms with Crippen LogP contribution in [0.3, 0.4) is 0 Å². The number of anilines is 1. The largest absolute Gasteiger partial charge is 0.360 e. The van der Waals surface area contributed by atoms with Gasteiger partial charge >= 0.3 is 0 Å². The van der Waals surface area contributed by atoms with Gasteiger partial charge in [0.2, 0.25) is 5.91 Å². The molecular formula is C20H21F2N3O3. The van der Waals surface area contributed by atoms with Gasteiger partial charge in [0, 0.05) is 31.8 Å². The van der Waals surface area contributed by atoms with E-state index in [0.717, 1.165) is 6.07 Å². The third-order valence-corrected chi connectivity index (χ3v) is 5.16. The molecule has 2 aromatic carbocycles. The van der Waals surface area contributed by atoms with Crippen LogP contribution in [-0.2, 0) is 11.2 Å². The Bertz CT molecular complexity index is 920. The first kappa shape index (κ1) is 19.7. The molecular weight excluding hydrogens is 368 g/mol. The van der Waals surface area contributed by atoms with E-state index in [4.69, 9.17) is 0 Å². The van der Waals surface area contributed by atoms with E-state index in [1.54, 1.807) is 31.0 Å². The summed E-state index contributed by atoms with van der Waals surface area (Å²) in [6.07, 6.45) is 1.27. The third-order valence-electron chi connectivity index (χ3n) is 5.16. The van der Waals surface area contributed by atoms with Gasteiger partial charge in [0.25, 0.3) is 5.69 Å². The number of halogens is 2. The van der Waals surface area contributed by atoms with Crippen LogP contribution in [0.15, 0.2) is 36.4 Å². The maximum atomic E-state index is 14.3.